The minimum Gasteiger partial charge on any atom is -0.505 e. The molecule has 2 aromatic rings. The maximum Gasteiger partial charge on any atom is 0.280 e. The smallest absolute Gasteiger partial charge is 0.280 e. The van der Waals surface area contributed by atoms with Crippen LogP contribution in [-0.2, 0) is 6.54 Å². The first-order valence-corrected chi connectivity index (χ1v) is 4.78. The third kappa shape index (κ3) is 2.17. The molecule has 0 fully saturated rings. The van der Waals surface area contributed by atoms with E-state index < -0.39 is 0 Å². The zero-order chi connectivity index (χ0) is 11.5. The fourth-order valence-corrected chi connectivity index (χ4v) is 1.26. The highest BCUT2D eigenvalue weighted by molar-refractivity contribution is 5.55. The van der Waals surface area contributed by atoms with E-state index in [9.17, 15) is 5.11 Å². The van der Waals surface area contributed by atoms with Gasteiger partial charge in [-0.05, 0) is 26.2 Å². The lowest BCUT2D eigenvalue weighted by Crippen LogP contribution is -2.11. The van der Waals surface area contributed by atoms with Gasteiger partial charge >= 0.3 is 0 Å². The number of hydrogen-bond donors (Lipinski definition) is 1. The summed E-state index contributed by atoms with van der Waals surface area (Å²) >= 11 is 0. The molecule has 2 heterocycles. The molecule has 0 radical (unpaired) electrons. The summed E-state index contributed by atoms with van der Waals surface area (Å²) in [5.74, 6) is 0.822. The van der Waals surface area contributed by atoms with Gasteiger partial charge in [0.1, 0.15) is 5.75 Å². The Labute approximate surface area is 92.5 Å². The van der Waals surface area contributed by atoms with Gasteiger partial charge in [-0.2, -0.15) is 4.98 Å². The van der Waals surface area contributed by atoms with Crippen LogP contribution in [-0.4, -0.2) is 39.2 Å². The largest absolute Gasteiger partial charge is 0.505 e. The Morgan fingerprint density at radius 3 is 2.94 bits per heavy atom. The Bertz CT molecular complexity index is 481. The van der Waals surface area contributed by atoms with Gasteiger partial charge in [0.15, 0.2) is 11.5 Å². The molecule has 2 rings (SSSR count). The van der Waals surface area contributed by atoms with Crippen LogP contribution in [0.1, 0.15) is 5.82 Å². The average molecular weight is 220 g/mol. The first-order valence-electron chi connectivity index (χ1n) is 4.78. The maximum absolute atomic E-state index is 9.55. The molecule has 0 aliphatic carbocycles. The summed E-state index contributed by atoms with van der Waals surface area (Å²) < 4.78 is 5.02. The molecule has 0 atom stereocenters. The van der Waals surface area contributed by atoms with Gasteiger partial charge in [-0.25, -0.2) is 4.98 Å². The monoisotopic (exact) mass is 220 g/mol. The van der Waals surface area contributed by atoms with Gasteiger partial charge in [-0.3, -0.25) is 0 Å². The quantitative estimate of drug-likeness (QED) is 0.828. The lowest BCUT2D eigenvalue weighted by molar-refractivity contribution is 0.364. The van der Waals surface area contributed by atoms with E-state index in [2.05, 4.69) is 15.1 Å². The van der Waals surface area contributed by atoms with Crippen molar-refractivity contribution in [2.24, 2.45) is 0 Å². The van der Waals surface area contributed by atoms with E-state index in [1.807, 2.05) is 19.0 Å². The lowest BCUT2D eigenvalue weighted by atomic mass is 10.3. The van der Waals surface area contributed by atoms with Crippen molar-refractivity contribution < 1.29 is 9.63 Å². The summed E-state index contributed by atoms with van der Waals surface area (Å²) in [6.45, 7) is 0.580. The van der Waals surface area contributed by atoms with Crippen LogP contribution in [0.3, 0.4) is 0 Å². The van der Waals surface area contributed by atoms with E-state index in [0.717, 1.165) is 0 Å². The Balaban J connectivity index is 2.28. The first kappa shape index (κ1) is 10.6. The highest BCUT2D eigenvalue weighted by Crippen LogP contribution is 2.24. The molecular formula is C10H12N4O2. The molecule has 0 aliphatic heterocycles. The van der Waals surface area contributed by atoms with Crippen LogP contribution in [0.4, 0.5) is 0 Å². The van der Waals surface area contributed by atoms with Crippen molar-refractivity contribution in [3.8, 4) is 17.3 Å². The zero-order valence-corrected chi connectivity index (χ0v) is 9.08. The Kier molecular flexibility index (Phi) is 2.82. The van der Waals surface area contributed by atoms with Crippen LogP contribution >= 0.6 is 0 Å². The van der Waals surface area contributed by atoms with Gasteiger partial charge in [0.2, 0.25) is 0 Å². The van der Waals surface area contributed by atoms with Crippen molar-refractivity contribution in [3.63, 3.8) is 0 Å². The van der Waals surface area contributed by atoms with Crippen LogP contribution < -0.4 is 0 Å². The highest BCUT2D eigenvalue weighted by Gasteiger charge is 2.13. The number of aromatic nitrogens is 3. The van der Waals surface area contributed by atoms with Gasteiger partial charge in [-0.1, -0.05) is 5.16 Å². The van der Waals surface area contributed by atoms with Crippen LogP contribution in [0, 0.1) is 0 Å². The number of hydrogen-bond acceptors (Lipinski definition) is 6. The molecule has 2 aromatic heterocycles. The zero-order valence-electron chi connectivity index (χ0n) is 9.08. The Morgan fingerprint density at radius 1 is 1.44 bits per heavy atom. The van der Waals surface area contributed by atoms with E-state index in [0.29, 0.717) is 18.1 Å². The number of nitrogens with zero attached hydrogens (tertiary/aromatic N) is 4. The Hall–Kier alpha value is -1.95. The van der Waals surface area contributed by atoms with Crippen LogP contribution in [0.2, 0.25) is 0 Å². The highest BCUT2D eigenvalue weighted by atomic mass is 16.5. The van der Waals surface area contributed by atoms with Crippen molar-refractivity contribution in [1.29, 1.82) is 0 Å². The summed E-state index contributed by atoms with van der Waals surface area (Å²) in [6.07, 6.45) is 1.56. The van der Waals surface area contributed by atoms with Crippen LogP contribution in [0.15, 0.2) is 22.9 Å². The SMILES string of the molecule is CN(C)Cc1noc(-c2ncccc2O)n1. The normalized spacial score (nSPS) is 10.9. The molecule has 6 nitrogen and oxygen atoms in total. The molecule has 0 aromatic carbocycles. The van der Waals surface area contributed by atoms with Crippen molar-refractivity contribution in [2.45, 2.75) is 6.54 Å². The van der Waals surface area contributed by atoms with Gasteiger partial charge in [-0.15, -0.1) is 0 Å². The van der Waals surface area contributed by atoms with Crippen molar-refractivity contribution >= 4 is 0 Å². The van der Waals surface area contributed by atoms with E-state index >= 15 is 0 Å². The molecule has 84 valence electrons. The van der Waals surface area contributed by atoms with E-state index in [1.54, 1.807) is 12.3 Å². The minimum atomic E-state index is 0.0301. The standard InChI is InChI=1S/C10H12N4O2/c1-14(2)6-8-12-10(16-13-8)9-7(15)4-3-5-11-9/h3-5,15H,6H2,1-2H3. The molecular weight excluding hydrogens is 208 g/mol. The molecule has 0 amide bonds. The van der Waals surface area contributed by atoms with E-state index in [1.165, 1.54) is 6.07 Å². The number of aromatic hydroxyl groups is 1. The fourth-order valence-electron chi connectivity index (χ4n) is 1.26. The molecule has 1 N–H and O–H groups in total. The third-order valence-electron chi connectivity index (χ3n) is 1.91. The molecule has 0 unspecified atom stereocenters. The molecule has 16 heavy (non-hydrogen) atoms. The molecule has 0 aliphatic rings. The van der Waals surface area contributed by atoms with Crippen molar-refractivity contribution in [2.75, 3.05) is 14.1 Å². The predicted octanol–water partition coefficient (Wildman–Crippen LogP) is 0.899. The predicted molar refractivity (Wildman–Crippen MR) is 56.6 cm³/mol. The summed E-state index contributed by atoms with van der Waals surface area (Å²) in [7, 11) is 3.82. The van der Waals surface area contributed by atoms with Crippen LogP contribution in [0.25, 0.3) is 11.6 Å². The average Bonchev–Trinajstić information content (AvgIpc) is 2.66. The summed E-state index contributed by atoms with van der Waals surface area (Å²) in [4.78, 5) is 10.0. The van der Waals surface area contributed by atoms with E-state index in [4.69, 9.17) is 4.52 Å². The minimum absolute atomic E-state index is 0.0301. The van der Waals surface area contributed by atoms with Gasteiger partial charge < -0.3 is 14.5 Å². The molecule has 0 saturated heterocycles. The lowest BCUT2D eigenvalue weighted by Gasteiger charge is -2.03. The summed E-state index contributed by atoms with van der Waals surface area (Å²) in [5.41, 5.74) is 0.306. The van der Waals surface area contributed by atoms with Crippen LogP contribution in [0.5, 0.6) is 5.75 Å². The van der Waals surface area contributed by atoms with Crippen molar-refractivity contribution in [1.82, 2.24) is 20.0 Å². The Morgan fingerprint density at radius 2 is 2.25 bits per heavy atom. The number of rotatable bonds is 3. The number of pyridine rings is 1. The second kappa shape index (κ2) is 4.28. The molecule has 0 bridgehead atoms. The molecule has 0 spiro atoms. The summed E-state index contributed by atoms with van der Waals surface area (Å²) in [5, 5.41) is 13.3. The van der Waals surface area contributed by atoms with Crippen molar-refractivity contribution in [3.05, 3.63) is 24.2 Å². The summed E-state index contributed by atoms with van der Waals surface area (Å²) in [6, 6.07) is 3.16. The topological polar surface area (TPSA) is 75.3 Å². The molecule has 0 saturated carbocycles. The second-order valence-electron chi connectivity index (χ2n) is 3.62. The first-order chi connectivity index (χ1) is 7.66. The maximum atomic E-state index is 9.55. The molecule has 6 heteroatoms. The second-order valence-corrected chi connectivity index (χ2v) is 3.62. The fraction of sp³-hybridized carbons (Fsp3) is 0.300. The van der Waals surface area contributed by atoms with Gasteiger partial charge in [0, 0.05) is 6.20 Å². The third-order valence-corrected chi connectivity index (χ3v) is 1.91. The van der Waals surface area contributed by atoms with Gasteiger partial charge in [0.05, 0.1) is 6.54 Å². The van der Waals surface area contributed by atoms with Gasteiger partial charge in [0.25, 0.3) is 5.89 Å². The van der Waals surface area contributed by atoms with E-state index in [-0.39, 0.29) is 11.6 Å².